The molecule has 2 heterocycles. The summed E-state index contributed by atoms with van der Waals surface area (Å²) in [6, 6.07) is 14.7. The van der Waals surface area contributed by atoms with E-state index in [0.29, 0.717) is 31.7 Å². The molecule has 2 aromatic carbocycles. The molecule has 4 rings (SSSR count). The van der Waals surface area contributed by atoms with Crippen molar-refractivity contribution >= 4 is 11.6 Å². The maximum atomic E-state index is 13.0. The van der Waals surface area contributed by atoms with Crippen LogP contribution in [0.1, 0.15) is 10.4 Å². The molecule has 0 bridgehead atoms. The van der Waals surface area contributed by atoms with Crippen molar-refractivity contribution in [2.75, 3.05) is 31.1 Å². The number of carbonyl (C=O) groups excluding carboxylic acids is 1. The van der Waals surface area contributed by atoms with Crippen LogP contribution in [0.15, 0.2) is 60.9 Å². The third-order valence-corrected chi connectivity index (χ3v) is 4.59. The number of phenolic OH excluding ortho intramolecular Hbond substituents is 1. The van der Waals surface area contributed by atoms with Crippen LogP contribution < -0.4 is 4.90 Å². The number of aromatic nitrogens is 3. The number of nitrogens with zero attached hydrogens (tertiary/aromatic N) is 5. The van der Waals surface area contributed by atoms with Gasteiger partial charge in [0.25, 0.3) is 5.91 Å². The van der Waals surface area contributed by atoms with Gasteiger partial charge in [-0.2, -0.15) is 0 Å². The van der Waals surface area contributed by atoms with Gasteiger partial charge >= 0.3 is 0 Å². The first-order valence-corrected chi connectivity index (χ1v) is 8.52. The van der Waals surface area contributed by atoms with Crippen molar-refractivity contribution in [3.05, 3.63) is 66.5 Å². The minimum atomic E-state index is -0.0203. The van der Waals surface area contributed by atoms with Crippen molar-refractivity contribution < 1.29 is 9.90 Å². The number of carbonyl (C=O) groups is 1. The highest BCUT2D eigenvalue weighted by Gasteiger charge is 2.25. The van der Waals surface area contributed by atoms with Crippen LogP contribution in [0.25, 0.3) is 5.69 Å². The van der Waals surface area contributed by atoms with Crippen molar-refractivity contribution in [3.63, 3.8) is 0 Å². The number of phenols is 1. The molecular weight excluding hydrogens is 330 g/mol. The Morgan fingerprint density at radius 1 is 0.923 bits per heavy atom. The van der Waals surface area contributed by atoms with Crippen LogP contribution in [-0.4, -0.2) is 57.1 Å². The summed E-state index contributed by atoms with van der Waals surface area (Å²) in [5.41, 5.74) is 2.13. The molecule has 0 atom stereocenters. The molecule has 0 radical (unpaired) electrons. The summed E-state index contributed by atoms with van der Waals surface area (Å²) in [7, 11) is 0. The third kappa shape index (κ3) is 2.99. The van der Waals surface area contributed by atoms with Crippen molar-refractivity contribution in [2.45, 2.75) is 0 Å². The number of anilines is 1. The lowest BCUT2D eigenvalue weighted by Crippen LogP contribution is -2.49. The molecule has 7 heteroatoms. The number of benzene rings is 2. The first-order chi connectivity index (χ1) is 12.7. The highest BCUT2D eigenvalue weighted by atomic mass is 16.3. The highest BCUT2D eigenvalue weighted by molar-refractivity contribution is 5.97. The molecule has 0 spiro atoms. The molecule has 1 fully saturated rings. The lowest BCUT2D eigenvalue weighted by molar-refractivity contribution is 0.0746. The Labute approximate surface area is 151 Å². The Hall–Kier alpha value is -3.35. The van der Waals surface area contributed by atoms with E-state index in [9.17, 15) is 9.90 Å². The van der Waals surface area contributed by atoms with Gasteiger partial charge in [-0.15, -0.1) is 5.10 Å². The topological polar surface area (TPSA) is 74.5 Å². The summed E-state index contributed by atoms with van der Waals surface area (Å²) < 4.78 is 1.60. The van der Waals surface area contributed by atoms with Crippen molar-refractivity contribution in [1.82, 2.24) is 19.9 Å². The van der Waals surface area contributed by atoms with Gasteiger partial charge in [-0.3, -0.25) is 4.79 Å². The standard InChI is InChI=1S/C19H19N5O2/c25-18-8-4-3-7-17(18)22-11-13-23(14-12-22)19(26)15-5-1-2-6-16(15)24-10-9-20-21-24/h1-10,25H,11-14H2. The number of aromatic hydroxyl groups is 1. The van der Waals surface area contributed by atoms with E-state index in [-0.39, 0.29) is 11.7 Å². The van der Waals surface area contributed by atoms with Gasteiger partial charge in [0.1, 0.15) is 5.75 Å². The van der Waals surface area contributed by atoms with Crippen LogP contribution >= 0.6 is 0 Å². The minimum absolute atomic E-state index is 0.0203. The van der Waals surface area contributed by atoms with Crippen LogP contribution in [0.3, 0.4) is 0 Å². The van der Waals surface area contributed by atoms with Crippen molar-refractivity contribution in [1.29, 1.82) is 0 Å². The van der Waals surface area contributed by atoms with Gasteiger partial charge in [0.15, 0.2) is 0 Å². The molecule has 1 aromatic heterocycles. The van der Waals surface area contributed by atoms with Crippen LogP contribution in [0.4, 0.5) is 5.69 Å². The van der Waals surface area contributed by atoms with Crippen molar-refractivity contribution in [3.8, 4) is 11.4 Å². The van der Waals surface area contributed by atoms with Crippen LogP contribution in [-0.2, 0) is 0 Å². The second-order valence-corrected chi connectivity index (χ2v) is 6.13. The number of hydrogen-bond donors (Lipinski definition) is 1. The maximum Gasteiger partial charge on any atom is 0.256 e. The van der Waals surface area contributed by atoms with Crippen LogP contribution in [0, 0.1) is 0 Å². The fourth-order valence-electron chi connectivity index (χ4n) is 3.24. The molecule has 1 aliphatic rings. The zero-order chi connectivity index (χ0) is 17.9. The van der Waals surface area contributed by atoms with E-state index in [0.717, 1.165) is 11.4 Å². The highest BCUT2D eigenvalue weighted by Crippen LogP contribution is 2.27. The Balaban J connectivity index is 1.51. The van der Waals surface area contributed by atoms with E-state index in [1.54, 1.807) is 29.2 Å². The fourth-order valence-corrected chi connectivity index (χ4v) is 3.24. The first-order valence-electron chi connectivity index (χ1n) is 8.52. The van der Waals surface area contributed by atoms with Crippen LogP contribution in [0.5, 0.6) is 5.75 Å². The predicted molar refractivity (Wildman–Crippen MR) is 97.6 cm³/mol. The number of rotatable bonds is 3. The molecule has 7 nitrogen and oxygen atoms in total. The minimum Gasteiger partial charge on any atom is -0.506 e. The smallest absolute Gasteiger partial charge is 0.256 e. The van der Waals surface area contributed by atoms with Crippen LogP contribution in [0.2, 0.25) is 0 Å². The number of amides is 1. The normalized spacial score (nSPS) is 14.5. The van der Waals surface area contributed by atoms with Gasteiger partial charge in [-0.25, -0.2) is 4.68 Å². The molecule has 0 unspecified atom stereocenters. The van der Waals surface area contributed by atoms with Gasteiger partial charge in [0.2, 0.25) is 0 Å². The van der Waals surface area contributed by atoms with Gasteiger partial charge in [-0.1, -0.05) is 29.5 Å². The van der Waals surface area contributed by atoms with Crippen molar-refractivity contribution in [2.24, 2.45) is 0 Å². The van der Waals surface area contributed by atoms with E-state index in [1.165, 1.54) is 0 Å². The summed E-state index contributed by atoms with van der Waals surface area (Å²) >= 11 is 0. The largest absolute Gasteiger partial charge is 0.506 e. The zero-order valence-corrected chi connectivity index (χ0v) is 14.2. The first kappa shape index (κ1) is 16.1. The predicted octanol–water partition coefficient (Wildman–Crippen LogP) is 1.94. The Morgan fingerprint density at radius 3 is 2.31 bits per heavy atom. The van der Waals surface area contributed by atoms with Gasteiger partial charge < -0.3 is 14.9 Å². The summed E-state index contributed by atoms with van der Waals surface area (Å²) in [6.07, 6.45) is 3.31. The summed E-state index contributed by atoms with van der Waals surface area (Å²) in [5, 5.41) is 17.8. The molecule has 1 N–H and O–H groups in total. The molecule has 26 heavy (non-hydrogen) atoms. The zero-order valence-electron chi connectivity index (χ0n) is 14.2. The molecule has 132 valence electrons. The number of piperazine rings is 1. The average molecular weight is 349 g/mol. The third-order valence-electron chi connectivity index (χ3n) is 4.59. The second-order valence-electron chi connectivity index (χ2n) is 6.13. The molecule has 0 saturated carbocycles. The molecule has 1 saturated heterocycles. The number of hydrogen-bond acceptors (Lipinski definition) is 5. The summed E-state index contributed by atoms with van der Waals surface area (Å²) in [4.78, 5) is 17.0. The molecule has 1 aliphatic heterocycles. The second kappa shape index (κ2) is 6.87. The Morgan fingerprint density at radius 2 is 1.62 bits per heavy atom. The van der Waals surface area contributed by atoms with E-state index in [2.05, 4.69) is 15.2 Å². The Kier molecular flexibility index (Phi) is 4.27. The maximum absolute atomic E-state index is 13.0. The lowest BCUT2D eigenvalue weighted by Gasteiger charge is -2.36. The fraction of sp³-hybridized carbons (Fsp3) is 0.211. The average Bonchev–Trinajstić information content (AvgIpc) is 3.23. The van der Waals surface area contributed by atoms with E-state index in [4.69, 9.17) is 0 Å². The van der Waals surface area contributed by atoms with E-state index >= 15 is 0 Å². The lowest BCUT2D eigenvalue weighted by atomic mass is 10.1. The molecular formula is C19H19N5O2. The summed E-state index contributed by atoms with van der Waals surface area (Å²) in [6.45, 7) is 2.54. The van der Waals surface area contributed by atoms with Gasteiger partial charge in [-0.05, 0) is 24.3 Å². The molecule has 3 aromatic rings. The molecule has 0 aliphatic carbocycles. The van der Waals surface area contributed by atoms with E-state index < -0.39 is 0 Å². The monoisotopic (exact) mass is 349 g/mol. The SMILES string of the molecule is O=C(c1ccccc1-n1ccnn1)N1CCN(c2ccccc2O)CC1. The van der Waals surface area contributed by atoms with Gasteiger partial charge in [0, 0.05) is 26.2 Å². The number of para-hydroxylation sites is 3. The summed E-state index contributed by atoms with van der Waals surface area (Å²) in [5.74, 6) is 0.247. The van der Waals surface area contributed by atoms with E-state index in [1.807, 2.05) is 41.3 Å². The quantitative estimate of drug-likeness (QED) is 0.782. The Bertz CT molecular complexity index is 902. The molecule has 1 amide bonds. The van der Waals surface area contributed by atoms with Gasteiger partial charge in [0.05, 0.1) is 29.3 Å².